The van der Waals surface area contributed by atoms with Crippen LogP contribution in [0.1, 0.15) is 38.2 Å². The van der Waals surface area contributed by atoms with Gasteiger partial charge in [-0.15, -0.1) is 0 Å². The standard InChI is InChI=1S/C17H25BrN2O3/c1-11-5-3-4-6-14(11)20-9-12-7-15(22-2)16(8-13(12)18)23-10-17(19)21/h7-8,11,14,20H,3-6,9-10H2,1-2H3,(H2,19,21)/t11-,14-/m0/s1. The van der Waals surface area contributed by atoms with Gasteiger partial charge in [-0.05, 0) is 36.5 Å². The molecule has 0 aromatic heterocycles. The summed E-state index contributed by atoms with van der Waals surface area (Å²) in [5.74, 6) is 1.30. The second kappa shape index (κ2) is 8.55. The van der Waals surface area contributed by atoms with Crippen molar-refractivity contribution in [3.8, 4) is 11.5 Å². The zero-order valence-corrected chi connectivity index (χ0v) is 15.3. The molecule has 0 saturated heterocycles. The van der Waals surface area contributed by atoms with E-state index < -0.39 is 5.91 Å². The summed E-state index contributed by atoms with van der Waals surface area (Å²) in [6.45, 7) is 2.91. The van der Waals surface area contributed by atoms with E-state index in [1.54, 1.807) is 7.11 Å². The Kier molecular flexibility index (Phi) is 6.72. The normalized spacial score (nSPS) is 21.0. The first-order chi connectivity index (χ1) is 11.0. The number of halogens is 1. The Morgan fingerprint density at radius 2 is 2.09 bits per heavy atom. The van der Waals surface area contributed by atoms with Crippen LogP contribution in [0.4, 0.5) is 0 Å². The molecule has 0 radical (unpaired) electrons. The number of nitrogens with one attached hydrogen (secondary N) is 1. The van der Waals surface area contributed by atoms with Crippen molar-refractivity contribution in [1.82, 2.24) is 5.32 Å². The van der Waals surface area contributed by atoms with E-state index >= 15 is 0 Å². The Balaban J connectivity index is 2.05. The Hall–Kier alpha value is -1.27. The monoisotopic (exact) mass is 384 g/mol. The predicted octanol–water partition coefficient (Wildman–Crippen LogP) is 2.99. The number of carbonyl (C=O) groups excluding carboxylic acids is 1. The van der Waals surface area contributed by atoms with Crippen molar-refractivity contribution >= 4 is 21.8 Å². The number of amides is 1. The van der Waals surface area contributed by atoms with Gasteiger partial charge in [-0.1, -0.05) is 35.7 Å². The first-order valence-electron chi connectivity index (χ1n) is 8.02. The van der Waals surface area contributed by atoms with Crippen molar-refractivity contribution in [2.45, 2.75) is 45.2 Å². The average molecular weight is 385 g/mol. The molecular formula is C17H25BrN2O3. The van der Waals surface area contributed by atoms with Crippen LogP contribution >= 0.6 is 15.9 Å². The van der Waals surface area contributed by atoms with Crippen molar-refractivity contribution in [2.24, 2.45) is 11.7 Å². The largest absolute Gasteiger partial charge is 0.493 e. The summed E-state index contributed by atoms with van der Waals surface area (Å²) >= 11 is 3.57. The Labute approximate surface area is 146 Å². The molecule has 1 aliphatic carbocycles. The molecule has 0 spiro atoms. The summed E-state index contributed by atoms with van der Waals surface area (Å²) in [5, 5.41) is 3.65. The Morgan fingerprint density at radius 3 is 2.74 bits per heavy atom. The number of carbonyl (C=O) groups is 1. The van der Waals surface area contributed by atoms with E-state index in [0.29, 0.717) is 23.5 Å². The van der Waals surface area contributed by atoms with E-state index in [4.69, 9.17) is 15.2 Å². The van der Waals surface area contributed by atoms with Gasteiger partial charge in [0.2, 0.25) is 0 Å². The number of rotatable bonds is 7. The van der Waals surface area contributed by atoms with Gasteiger partial charge in [0.1, 0.15) is 0 Å². The third-order valence-electron chi connectivity index (χ3n) is 4.37. The minimum atomic E-state index is -0.514. The number of primary amides is 1. The second-order valence-corrected chi connectivity index (χ2v) is 6.95. The molecule has 23 heavy (non-hydrogen) atoms. The van der Waals surface area contributed by atoms with Crippen molar-refractivity contribution in [1.29, 1.82) is 0 Å². The number of hydrogen-bond acceptors (Lipinski definition) is 4. The smallest absolute Gasteiger partial charge is 0.255 e. The first kappa shape index (κ1) is 18.1. The third-order valence-corrected chi connectivity index (χ3v) is 5.11. The number of methoxy groups -OCH3 is 1. The van der Waals surface area contributed by atoms with Gasteiger partial charge in [-0.25, -0.2) is 0 Å². The molecule has 1 aliphatic rings. The summed E-state index contributed by atoms with van der Waals surface area (Å²) in [4.78, 5) is 10.9. The lowest BCUT2D eigenvalue weighted by Gasteiger charge is -2.30. The molecule has 1 saturated carbocycles. The minimum Gasteiger partial charge on any atom is -0.493 e. The van der Waals surface area contributed by atoms with Crippen LogP contribution in [0, 0.1) is 5.92 Å². The summed E-state index contributed by atoms with van der Waals surface area (Å²) < 4.78 is 11.7. The lowest BCUT2D eigenvalue weighted by Crippen LogP contribution is -2.36. The molecule has 1 amide bonds. The van der Waals surface area contributed by atoms with Crippen LogP contribution in [0.5, 0.6) is 11.5 Å². The van der Waals surface area contributed by atoms with Gasteiger partial charge in [-0.3, -0.25) is 4.79 Å². The van der Waals surface area contributed by atoms with Crippen LogP contribution in [0.25, 0.3) is 0 Å². The molecule has 0 unspecified atom stereocenters. The molecule has 2 rings (SSSR count). The zero-order chi connectivity index (χ0) is 16.8. The molecule has 1 aromatic rings. The maximum atomic E-state index is 10.9. The summed E-state index contributed by atoms with van der Waals surface area (Å²) in [7, 11) is 1.58. The fourth-order valence-electron chi connectivity index (χ4n) is 2.99. The van der Waals surface area contributed by atoms with Crippen LogP contribution < -0.4 is 20.5 Å². The highest BCUT2D eigenvalue weighted by Gasteiger charge is 2.21. The Bertz CT molecular complexity index is 551. The molecule has 3 N–H and O–H groups in total. The highest BCUT2D eigenvalue weighted by atomic mass is 79.9. The minimum absolute atomic E-state index is 0.167. The van der Waals surface area contributed by atoms with Gasteiger partial charge in [0.25, 0.3) is 5.91 Å². The maximum Gasteiger partial charge on any atom is 0.255 e. The quantitative estimate of drug-likeness (QED) is 0.757. The zero-order valence-electron chi connectivity index (χ0n) is 13.7. The van der Waals surface area contributed by atoms with Crippen molar-refractivity contribution in [3.05, 3.63) is 22.2 Å². The van der Waals surface area contributed by atoms with Crippen molar-refractivity contribution in [3.63, 3.8) is 0 Å². The fraction of sp³-hybridized carbons (Fsp3) is 0.588. The van der Waals surface area contributed by atoms with Crippen LogP contribution in [0.2, 0.25) is 0 Å². The third kappa shape index (κ3) is 5.11. The maximum absolute atomic E-state index is 10.9. The molecule has 0 heterocycles. The van der Waals surface area contributed by atoms with E-state index in [1.807, 2.05) is 12.1 Å². The summed E-state index contributed by atoms with van der Waals surface area (Å²) in [6, 6.07) is 4.32. The van der Waals surface area contributed by atoms with Gasteiger partial charge in [0.15, 0.2) is 18.1 Å². The molecule has 1 aromatic carbocycles. The highest BCUT2D eigenvalue weighted by molar-refractivity contribution is 9.10. The highest BCUT2D eigenvalue weighted by Crippen LogP contribution is 2.34. The molecule has 5 nitrogen and oxygen atoms in total. The molecular weight excluding hydrogens is 360 g/mol. The lowest BCUT2D eigenvalue weighted by molar-refractivity contribution is -0.119. The summed E-state index contributed by atoms with van der Waals surface area (Å²) in [6.07, 6.45) is 5.16. The van der Waals surface area contributed by atoms with E-state index in [0.717, 1.165) is 16.6 Å². The number of nitrogens with two attached hydrogens (primary N) is 1. The number of ether oxygens (including phenoxy) is 2. The van der Waals surface area contributed by atoms with E-state index in [9.17, 15) is 4.79 Å². The molecule has 6 heteroatoms. The second-order valence-electron chi connectivity index (χ2n) is 6.10. The van der Waals surface area contributed by atoms with Crippen LogP contribution in [-0.4, -0.2) is 25.7 Å². The topological polar surface area (TPSA) is 73.6 Å². The predicted molar refractivity (Wildman–Crippen MR) is 93.6 cm³/mol. The molecule has 1 fully saturated rings. The number of hydrogen-bond donors (Lipinski definition) is 2. The summed E-state index contributed by atoms with van der Waals surface area (Å²) in [5.41, 5.74) is 6.22. The van der Waals surface area contributed by atoms with Crippen LogP contribution in [0.3, 0.4) is 0 Å². The molecule has 0 aliphatic heterocycles. The van der Waals surface area contributed by atoms with Crippen molar-refractivity contribution in [2.75, 3.05) is 13.7 Å². The van der Waals surface area contributed by atoms with Gasteiger partial charge in [-0.2, -0.15) is 0 Å². The van der Waals surface area contributed by atoms with Gasteiger partial charge in [0, 0.05) is 17.1 Å². The SMILES string of the molecule is COc1cc(CN[C@H]2CCCC[C@@H]2C)c(Br)cc1OCC(N)=O. The molecule has 128 valence electrons. The van der Waals surface area contributed by atoms with Gasteiger partial charge in [0.05, 0.1) is 7.11 Å². The van der Waals surface area contributed by atoms with Gasteiger partial charge >= 0.3 is 0 Å². The van der Waals surface area contributed by atoms with Crippen LogP contribution in [0.15, 0.2) is 16.6 Å². The van der Waals surface area contributed by atoms with Gasteiger partial charge < -0.3 is 20.5 Å². The van der Waals surface area contributed by atoms with Crippen LogP contribution in [-0.2, 0) is 11.3 Å². The van der Waals surface area contributed by atoms with E-state index in [2.05, 4.69) is 28.2 Å². The average Bonchev–Trinajstić information content (AvgIpc) is 2.53. The lowest BCUT2D eigenvalue weighted by atomic mass is 9.86. The van der Waals surface area contributed by atoms with E-state index in [1.165, 1.54) is 25.7 Å². The van der Waals surface area contributed by atoms with Crippen molar-refractivity contribution < 1.29 is 14.3 Å². The molecule has 2 atom stereocenters. The molecule has 0 bridgehead atoms. The first-order valence-corrected chi connectivity index (χ1v) is 8.81. The van der Waals surface area contributed by atoms with E-state index in [-0.39, 0.29) is 6.61 Å². The fourth-order valence-corrected chi connectivity index (χ4v) is 3.46. The Morgan fingerprint density at radius 1 is 1.35 bits per heavy atom. The number of benzene rings is 1.